The molecule has 142 valence electrons. The number of nitrogens with one attached hydrogen (secondary N) is 2. The molecule has 2 aromatic heterocycles. The number of hydrogen-bond acceptors (Lipinski definition) is 5. The van der Waals surface area contributed by atoms with Crippen molar-refractivity contribution < 1.29 is 4.39 Å². The lowest BCUT2D eigenvalue weighted by Gasteiger charge is -2.11. The minimum atomic E-state index is -0.417. The molecule has 0 amide bonds. The topological polar surface area (TPSA) is 78.9 Å². The molecule has 1 aliphatic rings. The zero-order valence-corrected chi connectivity index (χ0v) is 16.1. The smallest absolute Gasteiger partial charge is 0.141 e. The molecular weight excluding hydrogens is 414 g/mol. The Hall–Kier alpha value is -3.29. The van der Waals surface area contributed by atoms with E-state index in [2.05, 4.69) is 25.7 Å². The van der Waals surface area contributed by atoms with Gasteiger partial charge in [0.15, 0.2) is 0 Å². The second-order valence-electron chi connectivity index (χ2n) is 6.31. The third kappa shape index (κ3) is 3.04. The van der Waals surface area contributed by atoms with E-state index in [9.17, 15) is 4.39 Å². The van der Waals surface area contributed by atoms with E-state index >= 15 is 0 Å². The molecule has 0 atom stereocenters. The number of hydrogen-bond donors (Lipinski definition) is 2. The molecule has 5 rings (SSSR count). The Kier molecular flexibility index (Phi) is 4.26. The molecule has 0 unspecified atom stereocenters. The fourth-order valence-electron chi connectivity index (χ4n) is 3.22. The maximum absolute atomic E-state index is 14.9. The van der Waals surface area contributed by atoms with Crippen LogP contribution in [0.25, 0.3) is 22.4 Å². The highest BCUT2D eigenvalue weighted by molar-refractivity contribution is 6.41. The van der Waals surface area contributed by atoms with Crippen LogP contribution in [0.2, 0.25) is 10.0 Å². The molecular formula is C20H11Cl2FN6. The standard InChI is InChI=1S/C20H11Cl2FN6/c21-13-2-1-3-14(22)18(13)20-27-16-7-11(10-4-5-24-25-8-10)15(23)6-12(16)19-17(28-20)9-26-29-19/h1-9H,(H,26,29)(H,27,28). The number of benzene rings is 2. The predicted octanol–water partition coefficient (Wildman–Crippen LogP) is 5.48. The van der Waals surface area contributed by atoms with Gasteiger partial charge in [-0.1, -0.05) is 29.3 Å². The van der Waals surface area contributed by atoms with Crippen molar-refractivity contribution in [2.45, 2.75) is 0 Å². The quantitative estimate of drug-likeness (QED) is 0.446. The van der Waals surface area contributed by atoms with Gasteiger partial charge < -0.3 is 5.32 Å². The number of anilines is 1. The fraction of sp³-hybridized carbons (Fsp3) is 0. The van der Waals surface area contributed by atoms with Crippen LogP contribution in [0.3, 0.4) is 0 Å². The van der Waals surface area contributed by atoms with Crippen LogP contribution in [-0.2, 0) is 0 Å². The highest BCUT2D eigenvalue weighted by Crippen LogP contribution is 2.41. The fourth-order valence-corrected chi connectivity index (χ4v) is 3.80. The summed E-state index contributed by atoms with van der Waals surface area (Å²) in [5, 5.41) is 18.7. The van der Waals surface area contributed by atoms with E-state index in [1.54, 1.807) is 36.5 Å². The zero-order valence-electron chi connectivity index (χ0n) is 14.6. The van der Waals surface area contributed by atoms with Gasteiger partial charge >= 0.3 is 0 Å². The molecule has 4 aromatic rings. The summed E-state index contributed by atoms with van der Waals surface area (Å²) in [4.78, 5) is 4.73. The van der Waals surface area contributed by atoms with Crippen LogP contribution in [0.1, 0.15) is 5.56 Å². The Labute approximate surface area is 174 Å². The summed E-state index contributed by atoms with van der Waals surface area (Å²) in [7, 11) is 0. The first-order chi connectivity index (χ1) is 14.1. The van der Waals surface area contributed by atoms with Crippen molar-refractivity contribution >= 4 is 40.4 Å². The predicted molar refractivity (Wildman–Crippen MR) is 111 cm³/mol. The molecule has 0 fully saturated rings. The van der Waals surface area contributed by atoms with Gasteiger partial charge in [0.25, 0.3) is 0 Å². The van der Waals surface area contributed by atoms with Gasteiger partial charge in [-0.3, -0.25) is 5.10 Å². The van der Waals surface area contributed by atoms with Gasteiger partial charge in [0.05, 0.1) is 39.4 Å². The second kappa shape index (κ2) is 6.95. The van der Waals surface area contributed by atoms with Crippen molar-refractivity contribution in [3.63, 3.8) is 0 Å². The van der Waals surface area contributed by atoms with Crippen molar-refractivity contribution in [3.8, 4) is 22.4 Å². The Bertz CT molecular complexity index is 1250. The first kappa shape index (κ1) is 17.8. The van der Waals surface area contributed by atoms with Crippen LogP contribution < -0.4 is 5.32 Å². The summed E-state index contributed by atoms with van der Waals surface area (Å²) in [5.41, 5.74) is 3.72. The molecule has 6 nitrogen and oxygen atoms in total. The number of rotatable bonds is 2. The van der Waals surface area contributed by atoms with Crippen molar-refractivity contribution in [1.29, 1.82) is 0 Å². The van der Waals surface area contributed by atoms with E-state index in [1.165, 1.54) is 18.5 Å². The molecule has 1 aliphatic heterocycles. The maximum Gasteiger partial charge on any atom is 0.141 e. The molecule has 0 saturated carbocycles. The average molecular weight is 425 g/mol. The largest absolute Gasteiger partial charge is 0.337 e. The summed E-state index contributed by atoms with van der Waals surface area (Å²) < 4.78 is 14.9. The lowest BCUT2D eigenvalue weighted by molar-refractivity contribution is 0.631. The number of halogens is 3. The molecule has 0 saturated heterocycles. The van der Waals surface area contributed by atoms with E-state index < -0.39 is 5.82 Å². The van der Waals surface area contributed by atoms with E-state index in [0.29, 0.717) is 55.2 Å². The molecule has 3 heterocycles. The summed E-state index contributed by atoms with van der Waals surface area (Å²) in [6.45, 7) is 0. The van der Waals surface area contributed by atoms with Crippen LogP contribution in [-0.4, -0.2) is 26.2 Å². The Morgan fingerprint density at radius 2 is 1.79 bits per heavy atom. The summed E-state index contributed by atoms with van der Waals surface area (Å²) in [6.07, 6.45) is 4.67. The van der Waals surface area contributed by atoms with Gasteiger partial charge in [0.2, 0.25) is 0 Å². The number of aliphatic imine (C=N–C) groups is 1. The van der Waals surface area contributed by atoms with Gasteiger partial charge in [0, 0.05) is 22.9 Å². The minimum absolute atomic E-state index is 0.353. The number of H-pyrrole nitrogens is 1. The number of fused-ring (bicyclic) bond motifs is 3. The van der Waals surface area contributed by atoms with Crippen LogP contribution in [0.5, 0.6) is 0 Å². The second-order valence-corrected chi connectivity index (χ2v) is 7.12. The van der Waals surface area contributed by atoms with E-state index in [0.717, 1.165) is 0 Å². The van der Waals surface area contributed by atoms with Gasteiger partial charge in [0.1, 0.15) is 17.3 Å². The lowest BCUT2D eigenvalue weighted by Crippen LogP contribution is -2.13. The van der Waals surface area contributed by atoms with Crippen LogP contribution in [0.4, 0.5) is 15.8 Å². The van der Waals surface area contributed by atoms with Crippen LogP contribution in [0.15, 0.2) is 60.0 Å². The number of aromatic amines is 1. The molecule has 2 N–H and O–H groups in total. The molecule has 0 aliphatic carbocycles. The molecule has 29 heavy (non-hydrogen) atoms. The number of nitrogens with zero attached hydrogens (tertiary/aromatic N) is 4. The summed E-state index contributed by atoms with van der Waals surface area (Å²) in [5.74, 6) is 0.0209. The highest BCUT2D eigenvalue weighted by atomic mass is 35.5. The van der Waals surface area contributed by atoms with Gasteiger partial charge in [-0.2, -0.15) is 15.3 Å². The summed E-state index contributed by atoms with van der Waals surface area (Å²) >= 11 is 12.8. The molecule has 2 aromatic carbocycles. The third-order valence-corrected chi connectivity index (χ3v) is 5.19. The van der Waals surface area contributed by atoms with Gasteiger partial charge in [-0.25, -0.2) is 9.38 Å². The number of amidine groups is 1. The third-order valence-electron chi connectivity index (χ3n) is 4.56. The van der Waals surface area contributed by atoms with Crippen molar-refractivity contribution in [2.75, 3.05) is 5.32 Å². The molecule has 0 radical (unpaired) electrons. The van der Waals surface area contributed by atoms with Crippen molar-refractivity contribution in [1.82, 2.24) is 20.4 Å². The van der Waals surface area contributed by atoms with Crippen molar-refractivity contribution in [2.24, 2.45) is 4.99 Å². The Balaban J connectivity index is 1.78. The summed E-state index contributed by atoms with van der Waals surface area (Å²) in [6, 6.07) is 9.96. The SMILES string of the molecule is Fc1cc2c(cc1-c1ccnnc1)N=C(c1c(Cl)cccc1Cl)Nc1c[nH]nc1-2. The molecule has 9 heteroatoms. The minimum Gasteiger partial charge on any atom is -0.337 e. The molecule has 0 bridgehead atoms. The maximum atomic E-state index is 14.9. The lowest BCUT2D eigenvalue weighted by atomic mass is 10.0. The Morgan fingerprint density at radius 1 is 0.966 bits per heavy atom. The monoisotopic (exact) mass is 424 g/mol. The first-order valence-electron chi connectivity index (χ1n) is 8.56. The van der Waals surface area contributed by atoms with Gasteiger partial charge in [-0.05, 0) is 30.3 Å². The van der Waals surface area contributed by atoms with Crippen LogP contribution in [0, 0.1) is 5.82 Å². The number of aromatic nitrogens is 4. The van der Waals surface area contributed by atoms with Crippen molar-refractivity contribution in [3.05, 3.63) is 76.4 Å². The zero-order chi connectivity index (χ0) is 20.0. The normalized spacial score (nSPS) is 12.4. The highest BCUT2D eigenvalue weighted by Gasteiger charge is 2.24. The van der Waals surface area contributed by atoms with E-state index in [4.69, 9.17) is 28.2 Å². The average Bonchev–Trinajstić information content (AvgIpc) is 3.12. The van der Waals surface area contributed by atoms with Crippen LogP contribution >= 0.6 is 23.2 Å². The Morgan fingerprint density at radius 3 is 2.55 bits per heavy atom. The molecule has 0 spiro atoms. The first-order valence-corrected chi connectivity index (χ1v) is 9.32. The van der Waals surface area contributed by atoms with E-state index in [-0.39, 0.29) is 0 Å². The van der Waals surface area contributed by atoms with Gasteiger partial charge in [-0.15, -0.1) is 0 Å². The van der Waals surface area contributed by atoms with E-state index in [1.807, 2.05) is 0 Å².